The lowest BCUT2D eigenvalue weighted by molar-refractivity contribution is -0.384. The van der Waals surface area contributed by atoms with Crippen LogP contribution in [0.25, 0.3) is 0 Å². The molecule has 0 aromatic carbocycles. The molecule has 0 radical (unpaired) electrons. The molecule has 0 amide bonds. The molecule has 6 nitrogen and oxygen atoms in total. The topological polar surface area (TPSA) is 77.3 Å². The summed E-state index contributed by atoms with van der Waals surface area (Å²) in [5, 5.41) is 13.8. The van der Waals surface area contributed by atoms with Crippen LogP contribution in [-0.2, 0) is 4.74 Å². The first-order valence-electron chi connectivity index (χ1n) is 6.44. The summed E-state index contributed by atoms with van der Waals surface area (Å²) in [4.78, 5) is 14.5. The summed E-state index contributed by atoms with van der Waals surface area (Å²) in [6.45, 7) is 7.81. The Hall–Kier alpha value is -1.69. The number of rotatable bonds is 8. The molecule has 0 saturated carbocycles. The molecule has 106 valence electrons. The predicted octanol–water partition coefficient (Wildman–Crippen LogP) is 2.77. The van der Waals surface area contributed by atoms with Gasteiger partial charge in [0, 0.05) is 24.9 Å². The zero-order valence-electron chi connectivity index (χ0n) is 11.7. The van der Waals surface area contributed by atoms with Crippen LogP contribution < -0.4 is 5.32 Å². The molecule has 1 N–H and O–H groups in total. The van der Waals surface area contributed by atoms with Crippen LogP contribution >= 0.6 is 0 Å². The van der Waals surface area contributed by atoms with E-state index >= 15 is 0 Å². The summed E-state index contributed by atoms with van der Waals surface area (Å²) in [6, 6.07) is 3.09. The van der Waals surface area contributed by atoms with Gasteiger partial charge in [-0.3, -0.25) is 10.1 Å². The zero-order valence-corrected chi connectivity index (χ0v) is 11.7. The maximum atomic E-state index is 10.8. The highest BCUT2D eigenvalue weighted by molar-refractivity contribution is 5.55. The molecule has 19 heavy (non-hydrogen) atoms. The molecule has 0 atom stereocenters. The molecule has 1 aromatic heterocycles. The van der Waals surface area contributed by atoms with Crippen molar-refractivity contribution in [1.82, 2.24) is 4.98 Å². The zero-order chi connectivity index (χ0) is 14.3. The molecule has 1 aromatic rings. The van der Waals surface area contributed by atoms with Gasteiger partial charge in [0.25, 0.3) is 0 Å². The molecule has 0 spiro atoms. The van der Waals surface area contributed by atoms with Gasteiger partial charge in [-0.05, 0) is 25.3 Å². The van der Waals surface area contributed by atoms with Crippen LogP contribution in [0.5, 0.6) is 0 Å². The fourth-order valence-corrected chi connectivity index (χ4v) is 1.49. The smallest absolute Gasteiger partial charge is 0.311 e. The molecule has 1 heterocycles. The van der Waals surface area contributed by atoms with Crippen molar-refractivity contribution in [3.63, 3.8) is 0 Å². The van der Waals surface area contributed by atoms with Crippen LogP contribution in [0, 0.1) is 23.0 Å². The molecule has 1 rings (SSSR count). The molecule has 0 saturated heterocycles. The average Bonchev–Trinajstić information content (AvgIpc) is 2.33. The van der Waals surface area contributed by atoms with Gasteiger partial charge in [-0.1, -0.05) is 13.8 Å². The number of anilines is 1. The summed E-state index contributed by atoms with van der Waals surface area (Å²) in [5.41, 5.74) is 0.738. The van der Waals surface area contributed by atoms with E-state index < -0.39 is 4.92 Å². The van der Waals surface area contributed by atoms with Crippen molar-refractivity contribution >= 4 is 11.5 Å². The summed E-state index contributed by atoms with van der Waals surface area (Å²) in [6.07, 6.45) is 1.02. The van der Waals surface area contributed by atoms with E-state index in [4.69, 9.17) is 4.74 Å². The van der Waals surface area contributed by atoms with Crippen molar-refractivity contribution in [2.45, 2.75) is 27.2 Å². The Bertz CT molecular complexity index is 422. The van der Waals surface area contributed by atoms with E-state index in [-0.39, 0.29) is 5.69 Å². The van der Waals surface area contributed by atoms with Crippen LogP contribution in [0.1, 0.15) is 26.0 Å². The third kappa shape index (κ3) is 5.65. The maximum absolute atomic E-state index is 10.8. The molecular formula is C13H21N3O3. The molecule has 0 bridgehead atoms. The van der Waals surface area contributed by atoms with E-state index in [9.17, 15) is 10.1 Å². The van der Waals surface area contributed by atoms with Crippen molar-refractivity contribution in [2.75, 3.05) is 25.1 Å². The van der Waals surface area contributed by atoms with E-state index in [2.05, 4.69) is 24.1 Å². The van der Waals surface area contributed by atoms with Crippen molar-refractivity contribution in [3.8, 4) is 0 Å². The van der Waals surface area contributed by atoms with Crippen LogP contribution in [0.4, 0.5) is 11.5 Å². The lowest BCUT2D eigenvalue weighted by atomic mass is 10.1. The van der Waals surface area contributed by atoms with Gasteiger partial charge in [-0.2, -0.15) is 0 Å². The third-order valence-corrected chi connectivity index (χ3v) is 2.59. The van der Waals surface area contributed by atoms with Gasteiger partial charge in [0.15, 0.2) is 0 Å². The van der Waals surface area contributed by atoms with Gasteiger partial charge >= 0.3 is 5.69 Å². The van der Waals surface area contributed by atoms with Crippen molar-refractivity contribution < 1.29 is 9.66 Å². The van der Waals surface area contributed by atoms with E-state index in [1.165, 1.54) is 6.07 Å². The highest BCUT2D eigenvalue weighted by Gasteiger charge is 2.14. The predicted molar refractivity (Wildman–Crippen MR) is 74.4 cm³/mol. The molecule has 0 aliphatic carbocycles. The number of hydrogen-bond donors (Lipinski definition) is 1. The van der Waals surface area contributed by atoms with E-state index in [1.807, 2.05) is 0 Å². The lowest BCUT2D eigenvalue weighted by Crippen LogP contribution is -2.13. The van der Waals surface area contributed by atoms with Gasteiger partial charge < -0.3 is 10.1 Å². The SMILES string of the molecule is Cc1ccc([N+](=O)[O-])c(NCCOCCC(C)C)n1. The summed E-state index contributed by atoms with van der Waals surface area (Å²) in [5.74, 6) is 0.921. The molecule has 0 aliphatic heterocycles. The molecule has 6 heteroatoms. The van der Waals surface area contributed by atoms with Crippen LogP contribution in [0.15, 0.2) is 12.1 Å². The van der Waals surface area contributed by atoms with Crippen molar-refractivity contribution in [1.29, 1.82) is 0 Å². The minimum absolute atomic E-state index is 0.00668. The van der Waals surface area contributed by atoms with E-state index in [0.717, 1.165) is 12.1 Å². The second-order valence-corrected chi connectivity index (χ2v) is 4.80. The monoisotopic (exact) mass is 267 g/mol. The van der Waals surface area contributed by atoms with Gasteiger partial charge in [0.2, 0.25) is 5.82 Å². The number of pyridine rings is 1. The minimum Gasteiger partial charge on any atom is -0.380 e. The molecule has 0 fully saturated rings. The van der Waals surface area contributed by atoms with Crippen molar-refractivity contribution in [3.05, 3.63) is 27.9 Å². The van der Waals surface area contributed by atoms with Crippen molar-refractivity contribution in [2.24, 2.45) is 5.92 Å². The number of nitrogens with zero attached hydrogens (tertiary/aromatic N) is 2. The Morgan fingerprint density at radius 2 is 2.16 bits per heavy atom. The number of aryl methyl sites for hydroxylation is 1. The van der Waals surface area contributed by atoms with Crippen LogP contribution in [0.2, 0.25) is 0 Å². The minimum atomic E-state index is -0.436. The second-order valence-electron chi connectivity index (χ2n) is 4.80. The standard InChI is InChI=1S/C13H21N3O3/c1-10(2)6-8-19-9-7-14-13-12(16(17)18)5-4-11(3)15-13/h4-5,10H,6-9H2,1-3H3,(H,14,15). The Morgan fingerprint density at radius 1 is 1.42 bits per heavy atom. The van der Waals surface area contributed by atoms with Gasteiger partial charge in [0.05, 0.1) is 11.5 Å². The molecule has 0 unspecified atom stereocenters. The Balaban J connectivity index is 2.40. The first kappa shape index (κ1) is 15.4. The summed E-state index contributed by atoms with van der Waals surface area (Å²) in [7, 11) is 0. The quantitative estimate of drug-likeness (QED) is 0.445. The molecule has 0 aliphatic rings. The van der Waals surface area contributed by atoms with E-state index in [1.54, 1.807) is 13.0 Å². The maximum Gasteiger partial charge on any atom is 0.311 e. The Morgan fingerprint density at radius 3 is 2.79 bits per heavy atom. The fraction of sp³-hybridized carbons (Fsp3) is 0.615. The number of nitro groups is 1. The average molecular weight is 267 g/mol. The lowest BCUT2D eigenvalue weighted by Gasteiger charge is -2.08. The fourth-order valence-electron chi connectivity index (χ4n) is 1.49. The summed E-state index contributed by atoms with van der Waals surface area (Å²) < 4.78 is 5.44. The second kappa shape index (κ2) is 7.68. The molecular weight excluding hydrogens is 246 g/mol. The normalized spacial score (nSPS) is 10.7. The summed E-state index contributed by atoms with van der Waals surface area (Å²) >= 11 is 0. The Labute approximate surface area is 113 Å². The highest BCUT2D eigenvalue weighted by Crippen LogP contribution is 2.21. The number of aromatic nitrogens is 1. The Kier molecular flexibility index (Phi) is 6.21. The first-order valence-corrected chi connectivity index (χ1v) is 6.44. The van der Waals surface area contributed by atoms with Gasteiger partial charge in [0.1, 0.15) is 0 Å². The first-order chi connectivity index (χ1) is 9.00. The number of ether oxygens (including phenoxy) is 1. The van der Waals surface area contributed by atoms with Gasteiger partial charge in [-0.25, -0.2) is 4.98 Å². The van der Waals surface area contributed by atoms with Gasteiger partial charge in [-0.15, -0.1) is 0 Å². The number of nitrogens with one attached hydrogen (secondary N) is 1. The van der Waals surface area contributed by atoms with Crippen LogP contribution in [-0.4, -0.2) is 29.7 Å². The van der Waals surface area contributed by atoms with Crippen LogP contribution in [0.3, 0.4) is 0 Å². The largest absolute Gasteiger partial charge is 0.380 e. The number of hydrogen-bond acceptors (Lipinski definition) is 5. The highest BCUT2D eigenvalue weighted by atomic mass is 16.6. The van der Waals surface area contributed by atoms with E-state index in [0.29, 0.717) is 31.5 Å². The third-order valence-electron chi connectivity index (χ3n) is 2.59.